The summed E-state index contributed by atoms with van der Waals surface area (Å²) in [6, 6.07) is 60.6. The van der Waals surface area contributed by atoms with Crippen molar-refractivity contribution in [1.82, 2.24) is 9.13 Å². The van der Waals surface area contributed by atoms with E-state index in [0.717, 1.165) is 50.1 Å². The fourth-order valence-electron chi connectivity index (χ4n) is 7.36. The van der Waals surface area contributed by atoms with E-state index in [2.05, 4.69) is 179 Å². The molecule has 3 nitrogen and oxygen atoms in total. The van der Waals surface area contributed by atoms with E-state index in [4.69, 9.17) is 4.42 Å². The standard InChI is InChI=1S/C44H28N2O/c1-2-10-29(11-3-1)30-18-25-34(26-19-30)46-41-17-9-6-14-37(41)43-38-27-22-32(28-42(38)47-44(43)46)31-20-23-33(24-21-31)45-39-15-7-4-12-35(39)36-13-5-8-16-40(36)45/h1-28H. The lowest BCUT2D eigenvalue weighted by Gasteiger charge is -2.09. The molecule has 0 unspecified atom stereocenters. The van der Waals surface area contributed by atoms with E-state index in [1.165, 1.54) is 38.3 Å². The second-order valence-corrected chi connectivity index (χ2v) is 12.2. The molecule has 0 N–H and O–H groups in total. The van der Waals surface area contributed by atoms with Crippen LogP contribution in [0.4, 0.5) is 0 Å². The first-order valence-electron chi connectivity index (χ1n) is 16.0. The van der Waals surface area contributed by atoms with Crippen LogP contribution in [-0.2, 0) is 0 Å². The molecule has 0 aliphatic heterocycles. The molecule has 0 fully saturated rings. The van der Waals surface area contributed by atoms with Crippen molar-refractivity contribution in [2.24, 2.45) is 0 Å². The molecule has 0 aliphatic rings. The van der Waals surface area contributed by atoms with Crippen LogP contribution in [0.15, 0.2) is 174 Å². The third-order valence-corrected chi connectivity index (χ3v) is 9.56. The molecule has 10 aromatic rings. The van der Waals surface area contributed by atoms with Crippen LogP contribution >= 0.6 is 0 Å². The minimum absolute atomic E-state index is 0.868. The van der Waals surface area contributed by atoms with Crippen LogP contribution in [-0.4, -0.2) is 9.13 Å². The smallest absolute Gasteiger partial charge is 0.213 e. The number of fused-ring (bicyclic) bond motifs is 8. The minimum Gasteiger partial charge on any atom is -0.439 e. The van der Waals surface area contributed by atoms with Crippen molar-refractivity contribution in [2.75, 3.05) is 0 Å². The third kappa shape index (κ3) is 3.93. The van der Waals surface area contributed by atoms with E-state index >= 15 is 0 Å². The molecule has 0 atom stereocenters. The highest BCUT2D eigenvalue weighted by Gasteiger charge is 2.20. The average Bonchev–Trinajstić information content (AvgIpc) is 3.79. The lowest BCUT2D eigenvalue weighted by atomic mass is 10.0. The van der Waals surface area contributed by atoms with Crippen molar-refractivity contribution in [3.63, 3.8) is 0 Å². The van der Waals surface area contributed by atoms with Gasteiger partial charge in [-0.3, -0.25) is 4.57 Å². The maximum absolute atomic E-state index is 6.74. The van der Waals surface area contributed by atoms with Gasteiger partial charge in [-0.1, -0.05) is 115 Å². The summed E-state index contributed by atoms with van der Waals surface area (Å²) in [5, 5.41) is 6.01. The Morgan fingerprint density at radius 2 is 0.809 bits per heavy atom. The summed E-state index contributed by atoms with van der Waals surface area (Å²) in [5.41, 5.74) is 12.2. The molecule has 0 bridgehead atoms. The zero-order valence-electron chi connectivity index (χ0n) is 25.5. The molecule has 3 aromatic heterocycles. The maximum Gasteiger partial charge on any atom is 0.213 e. The minimum atomic E-state index is 0.868. The highest BCUT2D eigenvalue weighted by atomic mass is 16.3. The topological polar surface area (TPSA) is 23.0 Å². The molecule has 10 rings (SSSR count). The summed E-state index contributed by atoms with van der Waals surface area (Å²) in [7, 11) is 0. The molecular formula is C44H28N2O. The van der Waals surface area contributed by atoms with Gasteiger partial charge >= 0.3 is 0 Å². The van der Waals surface area contributed by atoms with Gasteiger partial charge in [0, 0.05) is 32.9 Å². The quantitative estimate of drug-likeness (QED) is 0.197. The van der Waals surface area contributed by atoms with Crippen LogP contribution in [0, 0.1) is 0 Å². The Kier molecular flexibility index (Phi) is 5.57. The van der Waals surface area contributed by atoms with Gasteiger partial charge in [0.1, 0.15) is 5.58 Å². The summed E-state index contributed by atoms with van der Waals surface area (Å²) in [5.74, 6) is 0. The van der Waals surface area contributed by atoms with E-state index in [1.807, 2.05) is 0 Å². The van der Waals surface area contributed by atoms with Crippen molar-refractivity contribution in [3.8, 4) is 33.6 Å². The number of nitrogens with zero attached hydrogens (tertiary/aromatic N) is 2. The largest absolute Gasteiger partial charge is 0.439 e. The van der Waals surface area contributed by atoms with Gasteiger partial charge in [-0.05, 0) is 76.9 Å². The van der Waals surface area contributed by atoms with E-state index in [9.17, 15) is 0 Å². The van der Waals surface area contributed by atoms with Gasteiger partial charge in [0.25, 0.3) is 0 Å². The lowest BCUT2D eigenvalue weighted by molar-refractivity contribution is 0.645. The molecule has 47 heavy (non-hydrogen) atoms. The van der Waals surface area contributed by atoms with Crippen molar-refractivity contribution in [3.05, 3.63) is 170 Å². The number of aromatic nitrogens is 2. The highest BCUT2D eigenvalue weighted by Crippen LogP contribution is 2.41. The average molecular weight is 601 g/mol. The molecule has 0 radical (unpaired) electrons. The Labute approximate surface area is 271 Å². The third-order valence-electron chi connectivity index (χ3n) is 9.56. The van der Waals surface area contributed by atoms with Gasteiger partial charge in [-0.25, -0.2) is 0 Å². The van der Waals surface area contributed by atoms with Gasteiger partial charge in [-0.2, -0.15) is 0 Å². The molecule has 3 heteroatoms. The summed E-state index contributed by atoms with van der Waals surface area (Å²) < 4.78 is 11.3. The fourth-order valence-corrected chi connectivity index (χ4v) is 7.36. The van der Waals surface area contributed by atoms with Gasteiger partial charge < -0.3 is 8.98 Å². The Morgan fingerprint density at radius 1 is 0.340 bits per heavy atom. The first-order chi connectivity index (χ1) is 23.3. The van der Waals surface area contributed by atoms with Crippen LogP contribution in [0.3, 0.4) is 0 Å². The summed E-state index contributed by atoms with van der Waals surface area (Å²) >= 11 is 0. The molecule has 3 heterocycles. The first kappa shape index (κ1) is 26.0. The Bertz CT molecular complexity index is 2710. The van der Waals surface area contributed by atoms with Gasteiger partial charge in [0.15, 0.2) is 0 Å². The summed E-state index contributed by atoms with van der Waals surface area (Å²) in [6.07, 6.45) is 0. The SMILES string of the molecule is c1ccc(-c2ccc(-n3c4ccccc4c4c5ccc(-c6ccc(-n7c8ccccc8c8ccccc87)cc6)cc5oc43)cc2)cc1. The normalized spacial score (nSPS) is 11.8. The molecule has 220 valence electrons. The Morgan fingerprint density at radius 3 is 1.45 bits per heavy atom. The fraction of sp³-hybridized carbons (Fsp3) is 0. The van der Waals surface area contributed by atoms with Crippen molar-refractivity contribution >= 4 is 54.8 Å². The summed E-state index contributed by atoms with van der Waals surface area (Å²) in [4.78, 5) is 0. The molecular weight excluding hydrogens is 572 g/mol. The summed E-state index contributed by atoms with van der Waals surface area (Å²) in [6.45, 7) is 0. The Hall–Kier alpha value is -6.32. The van der Waals surface area contributed by atoms with E-state index in [1.54, 1.807) is 0 Å². The van der Waals surface area contributed by atoms with Crippen LogP contribution in [0.2, 0.25) is 0 Å². The van der Waals surface area contributed by atoms with E-state index in [-0.39, 0.29) is 0 Å². The molecule has 0 saturated heterocycles. The van der Waals surface area contributed by atoms with Crippen molar-refractivity contribution < 1.29 is 4.42 Å². The lowest BCUT2D eigenvalue weighted by Crippen LogP contribution is -1.93. The number of furan rings is 1. The Balaban J connectivity index is 1.08. The number of hydrogen-bond acceptors (Lipinski definition) is 1. The zero-order valence-corrected chi connectivity index (χ0v) is 25.5. The predicted octanol–water partition coefficient (Wildman–Crippen LogP) is 12.0. The molecule has 0 saturated carbocycles. The maximum atomic E-state index is 6.74. The van der Waals surface area contributed by atoms with Gasteiger partial charge in [0.2, 0.25) is 5.71 Å². The van der Waals surface area contributed by atoms with Crippen LogP contribution in [0.1, 0.15) is 0 Å². The first-order valence-corrected chi connectivity index (χ1v) is 16.0. The number of rotatable bonds is 4. The highest BCUT2D eigenvalue weighted by molar-refractivity contribution is 6.20. The number of para-hydroxylation sites is 3. The van der Waals surface area contributed by atoms with Crippen LogP contribution in [0.25, 0.3) is 88.4 Å². The van der Waals surface area contributed by atoms with Crippen LogP contribution < -0.4 is 0 Å². The molecule has 0 spiro atoms. The van der Waals surface area contributed by atoms with Crippen LogP contribution in [0.5, 0.6) is 0 Å². The molecule has 0 aliphatic carbocycles. The van der Waals surface area contributed by atoms with Crippen molar-refractivity contribution in [2.45, 2.75) is 0 Å². The van der Waals surface area contributed by atoms with E-state index in [0.29, 0.717) is 0 Å². The number of hydrogen-bond donors (Lipinski definition) is 0. The van der Waals surface area contributed by atoms with Gasteiger partial charge in [0.05, 0.1) is 21.9 Å². The second kappa shape index (κ2) is 10.1. The number of benzene rings is 7. The monoisotopic (exact) mass is 600 g/mol. The second-order valence-electron chi connectivity index (χ2n) is 12.2. The molecule has 7 aromatic carbocycles. The zero-order chi connectivity index (χ0) is 30.9. The molecule has 0 amide bonds. The predicted molar refractivity (Wildman–Crippen MR) is 196 cm³/mol. The van der Waals surface area contributed by atoms with Gasteiger partial charge in [-0.15, -0.1) is 0 Å². The van der Waals surface area contributed by atoms with E-state index < -0.39 is 0 Å². The van der Waals surface area contributed by atoms with Crippen molar-refractivity contribution in [1.29, 1.82) is 0 Å².